The summed E-state index contributed by atoms with van der Waals surface area (Å²) in [4.78, 5) is 13.6. The van der Waals surface area contributed by atoms with Gasteiger partial charge in [0, 0.05) is 18.7 Å². The third kappa shape index (κ3) is 4.23. The maximum atomic E-state index is 12.6. The van der Waals surface area contributed by atoms with Crippen LogP contribution in [0.15, 0.2) is 23.1 Å². The minimum Gasteiger partial charge on any atom is -0.339 e. The Hall–Kier alpha value is -0.530. The quantitative estimate of drug-likeness (QED) is 0.824. The fraction of sp³-hybridized carbons (Fsp3) is 0.417. The lowest BCUT2D eigenvalue weighted by atomic mass is 10.1. The van der Waals surface area contributed by atoms with Crippen molar-refractivity contribution in [1.82, 2.24) is 4.90 Å². The van der Waals surface area contributed by atoms with Gasteiger partial charge < -0.3 is 4.90 Å². The maximum Gasteiger partial charge on any atom is 0.255 e. The first-order valence-corrected chi connectivity index (χ1v) is 8.74. The predicted molar refractivity (Wildman–Crippen MR) is 84.3 cm³/mol. The summed E-state index contributed by atoms with van der Waals surface area (Å²) in [7, 11) is -4.13. The van der Waals surface area contributed by atoms with Crippen LogP contribution in [-0.2, 0) is 13.8 Å². The fourth-order valence-corrected chi connectivity index (χ4v) is 3.12. The number of sulfonamides is 1. The van der Waals surface area contributed by atoms with E-state index >= 15 is 0 Å². The van der Waals surface area contributed by atoms with Crippen molar-refractivity contribution in [2.45, 2.75) is 22.5 Å². The van der Waals surface area contributed by atoms with E-state index in [9.17, 15) is 13.2 Å². The number of hydrogen-bond acceptors (Lipinski definition) is 3. The standard InChI is InChI=1S/C12H15Cl3N2O3S/c1-3-17(4-2)11(18)10-8(12(13,14)15)6-5-7-9(10)21(16,19)20/h5-7H,3-4H2,1-2H3,(H2,16,19,20). The van der Waals surface area contributed by atoms with E-state index in [4.69, 9.17) is 39.9 Å². The number of primary sulfonamides is 1. The number of benzene rings is 1. The second-order valence-electron chi connectivity index (χ2n) is 4.20. The maximum absolute atomic E-state index is 12.6. The number of carbonyl (C=O) groups is 1. The Labute approximate surface area is 139 Å². The Morgan fingerprint density at radius 2 is 1.76 bits per heavy atom. The lowest BCUT2D eigenvalue weighted by molar-refractivity contribution is 0.0768. The fourth-order valence-electron chi connectivity index (χ4n) is 1.89. The molecule has 0 spiro atoms. The summed E-state index contributed by atoms with van der Waals surface area (Å²) in [5.41, 5.74) is -0.223. The summed E-state index contributed by atoms with van der Waals surface area (Å²) in [5, 5.41) is 5.16. The largest absolute Gasteiger partial charge is 0.339 e. The summed E-state index contributed by atoms with van der Waals surface area (Å²) in [6, 6.07) is 3.97. The van der Waals surface area contributed by atoms with Crippen LogP contribution in [0.1, 0.15) is 29.8 Å². The number of hydrogen-bond donors (Lipinski definition) is 1. The van der Waals surface area contributed by atoms with E-state index in [1.54, 1.807) is 13.8 Å². The highest BCUT2D eigenvalue weighted by Gasteiger charge is 2.34. The molecule has 0 aromatic heterocycles. The summed E-state index contributed by atoms with van der Waals surface area (Å²) < 4.78 is 21.5. The summed E-state index contributed by atoms with van der Waals surface area (Å²) in [5.74, 6) is -0.550. The Kier molecular flexibility index (Phi) is 5.91. The third-order valence-electron chi connectivity index (χ3n) is 2.90. The molecule has 1 aromatic rings. The number of amides is 1. The molecule has 2 N–H and O–H groups in total. The van der Waals surface area contributed by atoms with E-state index in [0.29, 0.717) is 13.1 Å². The van der Waals surface area contributed by atoms with Crippen LogP contribution < -0.4 is 5.14 Å². The van der Waals surface area contributed by atoms with Gasteiger partial charge in [0.15, 0.2) is 0 Å². The van der Waals surface area contributed by atoms with Crippen molar-refractivity contribution in [2.75, 3.05) is 13.1 Å². The molecule has 0 aliphatic heterocycles. The van der Waals surface area contributed by atoms with Crippen molar-refractivity contribution in [1.29, 1.82) is 0 Å². The SMILES string of the molecule is CCN(CC)C(=O)c1c(C(Cl)(Cl)Cl)cccc1S(N)(=O)=O. The highest BCUT2D eigenvalue weighted by molar-refractivity contribution is 7.89. The zero-order chi connectivity index (χ0) is 16.4. The van der Waals surface area contributed by atoms with Gasteiger partial charge in [-0.1, -0.05) is 46.9 Å². The molecule has 0 atom stereocenters. The second-order valence-corrected chi connectivity index (χ2v) is 8.01. The van der Waals surface area contributed by atoms with Crippen molar-refractivity contribution in [3.05, 3.63) is 29.3 Å². The van der Waals surface area contributed by atoms with Crippen LogP contribution in [0, 0.1) is 0 Å². The van der Waals surface area contributed by atoms with E-state index in [2.05, 4.69) is 0 Å². The molecule has 0 saturated heterocycles. The van der Waals surface area contributed by atoms with Gasteiger partial charge in [0.1, 0.15) is 0 Å². The molecular weight excluding hydrogens is 359 g/mol. The summed E-state index contributed by atoms with van der Waals surface area (Å²) in [6.07, 6.45) is 0. The van der Waals surface area contributed by atoms with Gasteiger partial charge in [-0.25, -0.2) is 13.6 Å². The van der Waals surface area contributed by atoms with Gasteiger partial charge in [0.2, 0.25) is 13.8 Å². The van der Waals surface area contributed by atoms with E-state index in [0.717, 1.165) is 0 Å². The van der Waals surface area contributed by atoms with Crippen LogP contribution in [0.4, 0.5) is 0 Å². The van der Waals surface area contributed by atoms with Gasteiger partial charge in [-0.3, -0.25) is 4.79 Å². The van der Waals surface area contributed by atoms with Crippen LogP contribution in [0.3, 0.4) is 0 Å². The van der Waals surface area contributed by atoms with Crippen molar-refractivity contribution < 1.29 is 13.2 Å². The first kappa shape index (κ1) is 18.5. The van der Waals surface area contributed by atoms with Gasteiger partial charge in [0.25, 0.3) is 5.91 Å². The van der Waals surface area contributed by atoms with E-state index < -0.39 is 19.7 Å². The average molecular weight is 374 g/mol. The molecule has 1 aromatic carbocycles. The molecule has 1 rings (SSSR count). The molecule has 0 bridgehead atoms. The van der Waals surface area contributed by atoms with E-state index in [-0.39, 0.29) is 16.0 Å². The molecule has 0 unspecified atom stereocenters. The normalized spacial score (nSPS) is 12.3. The first-order chi connectivity index (χ1) is 9.54. The zero-order valence-electron chi connectivity index (χ0n) is 11.4. The molecule has 0 heterocycles. The topological polar surface area (TPSA) is 80.5 Å². The van der Waals surface area contributed by atoms with Crippen LogP contribution in [-0.4, -0.2) is 32.3 Å². The molecule has 0 radical (unpaired) electrons. The molecular formula is C12H15Cl3N2O3S. The van der Waals surface area contributed by atoms with E-state index in [1.807, 2.05) is 0 Å². The van der Waals surface area contributed by atoms with Crippen LogP contribution in [0.2, 0.25) is 0 Å². The molecule has 0 aliphatic rings. The lowest BCUT2D eigenvalue weighted by Crippen LogP contribution is -2.34. The summed E-state index contributed by atoms with van der Waals surface area (Å²) in [6.45, 7) is 4.28. The van der Waals surface area contributed by atoms with Gasteiger partial charge in [-0.05, 0) is 19.9 Å². The average Bonchev–Trinajstić information content (AvgIpc) is 2.37. The van der Waals surface area contributed by atoms with Gasteiger partial charge in [0.05, 0.1) is 10.5 Å². The molecule has 0 fully saturated rings. The molecule has 21 heavy (non-hydrogen) atoms. The molecule has 5 nitrogen and oxygen atoms in total. The molecule has 118 valence electrons. The Balaban J connectivity index is 3.70. The van der Waals surface area contributed by atoms with Crippen molar-refractivity contribution in [3.8, 4) is 0 Å². The zero-order valence-corrected chi connectivity index (χ0v) is 14.5. The minimum absolute atomic E-state index is 0.0177. The van der Waals surface area contributed by atoms with Gasteiger partial charge >= 0.3 is 0 Å². The van der Waals surface area contributed by atoms with E-state index in [1.165, 1.54) is 23.1 Å². The summed E-state index contributed by atoms with van der Waals surface area (Å²) >= 11 is 17.5. The number of carbonyl (C=O) groups excluding carboxylic acids is 1. The van der Waals surface area contributed by atoms with Gasteiger partial charge in [-0.15, -0.1) is 0 Å². The van der Waals surface area contributed by atoms with Crippen LogP contribution in [0.25, 0.3) is 0 Å². The molecule has 1 amide bonds. The van der Waals surface area contributed by atoms with Crippen LogP contribution in [0.5, 0.6) is 0 Å². The number of nitrogens with zero attached hydrogens (tertiary/aromatic N) is 1. The second kappa shape index (κ2) is 6.71. The molecule has 9 heteroatoms. The lowest BCUT2D eigenvalue weighted by Gasteiger charge is -2.24. The number of nitrogens with two attached hydrogens (primary N) is 1. The number of alkyl halides is 3. The van der Waals surface area contributed by atoms with Crippen molar-refractivity contribution >= 4 is 50.7 Å². The van der Waals surface area contributed by atoms with Crippen molar-refractivity contribution in [2.24, 2.45) is 5.14 Å². The van der Waals surface area contributed by atoms with Gasteiger partial charge in [-0.2, -0.15) is 0 Å². The smallest absolute Gasteiger partial charge is 0.255 e. The molecule has 0 aliphatic carbocycles. The minimum atomic E-state index is -4.13. The Morgan fingerprint density at radius 1 is 1.24 bits per heavy atom. The van der Waals surface area contributed by atoms with Crippen molar-refractivity contribution in [3.63, 3.8) is 0 Å². The predicted octanol–water partition coefficient (Wildman–Crippen LogP) is 2.64. The third-order valence-corrected chi connectivity index (χ3v) is 4.47. The molecule has 0 saturated carbocycles. The number of rotatable bonds is 4. The first-order valence-electron chi connectivity index (χ1n) is 6.06. The Bertz CT molecular complexity index is 638. The van der Waals surface area contributed by atoms with Crippen LogP contribution >= 0.6 is 34.8 Å². The highest BCUT2D eigenvalue weighted by Crippen LogP contribution is 2.41. The Morgan fingerprint density at radius 3 is 2.14 bits per heavy atom. The highest BCUT2D eigenvalue weighted by atomic mass is 35.6. The number of halogens is 3. The monoisotopic (exact) mass is 372 g/mol.